The maximum absolute atomic E-state index is 11.2. The van der Waals surface area contributed by atoms with Crippen molar-refractivity contribution in [3.05, 3.63) is 41.5 Å². The van der Waals surface area contributed by atoms with E-state index < -0.39 is 0 Å². The zero-order valence-electron chi connectivity index (χ0n) is 10.4. The van der Waals surface area contributed by atoms with Gasteiger partial charge in [-0.15, -0.1) is 12.4 Å². The molecule has 2 rings (SSSR count). The summed E-state index contributed by atoms with van der Waals surface area (Å²) in [6, 6.07) is 7.45. The van der Waals surface area contributed by atoms with E-state index >= 15 is 0 Å². The van der Waals surface area contributed by atoms with E-state index in [2.05, 4.69) is 22.2 Å². The van der Waals surface area contributed by atoms with Crippen LogP contribution in [0.25, 0.3) is 6.08 Å². The standard InChI is InChI=1S/C14H17NO2.ClH/c1-17-14(16)13-6-4-11(5-7-13)2-3-12-8-9-15-10-12;/h2-7,12,15H,8-10H2,1H3;1H/b3-2+;. The molecule has 1 aliphatic rings. The van der Waals surface area contributed by atoms with Gasteiger partial charge in [0.1, 0.15) is 0 Å². The average Bonchev–Trinajstić information content (AvgIpc) is 2.89. The highest BCUT2D eigenvalue weighted by Crippen LogP contribution is 2.13. The topological polar surface area (TPSA) is 38.3 Å². The zero-order chi connectivity index (χ0) is 12.1. The van der Waals surface area contributed by atoms with Gasteiger partial charge in [0.25, 0.3) is 0 Å². The smallest absolute Gasteiger partial charge is 0.337 e. The molecule has 1 aromatic carbocycles. The zero-order valence-corrected chi connectivity index (χ0v) is 11.2. The largest absolute Gasteiger partial charge is 0.465 e. The Morgan fingerprint density at radius 2 is 2.11 bits per heavy atom. The Hall–Kier alpha value is -1.32. The van der Waals surface area contributed by atoms with Crippen molar-refractivity contribution in [3.8, 4) is 0 Å². The SMILES string of the molecule is COC(=O)c1ccc(/C=C/C2CCNC2)cc1.Cl. The van der Waals surface area contributed by atoms with E-state index in [1.165, 1.54) is 13.5 Å². The minimum absolute atomic E-state index is 0. The molecule has 0 radical (unpaired) electrons. The number of ether oxygens (including phenoxy) is 1. The van der Waals surface area contributed by atoms with Crippen LogP contribution in [0.1, 0.15) is 22.3 Å². The lowest BCUT2D eigenvalue weighted by Crippen LogP contribution is -2.07. The van der Waals surface area contributed by atoms with E-state index in [0.29, 0.717) is 11.5 Å². The third-order valence-corrected chi connectivity index (χ3v) is 2.99. The van der Waals surface area contributed by atoms with Crippen LogP contribution < -0.4 is 5.32 Å². The fourth-order valence-corrected chi connectivity index (χ4v) is 1.94. The number of halogens is 1. The first-order valence-corrected chi connectivity index (χ1v) is 5.87. The van der Waals surface area contributed by atoms with Crippen LogP contribution in [0.4, 0.5) is 0 Å². The second kappa shape index (κ2) is 7.19. The molecule has 0 aromatic heterocycles. The normalized spacial score (nSPS) is 18.6. The number of carbonyl (C=O) groups excluding carboxylic acids is 1. The highest BCUT2D eigenvalue weighted by Gasteiger charge is 2.10. The summed E-state index contributed by atoms with van der Waals surface area (Å²) in [6.07, 6.45) is 5.54. The number of hydrogen-bond acceptors (Lipinski definition) is 3. The van der Waals surface area contributed by atoms with Crippen LogP contribution in [-0.2, 0) is 4.74 Å². The van der Waals surface area contributed by atoms with Crippen molar-refractivity contribution in [2.24, 2.45) is 5.92 Å². The van der Waals surface area contributed by atoms with Gasteiger partial charge in [-0.25, -0.2) is 4.79 Å². The van der Waals surface area contributed by atoms with Gasteiger partial charge >= 0.3 is 5.97 Å². The average molecular weight is 268 g/mol. The van der Waals surface area contributed by atoms with Crippen LogP contribution in [0.3, 0.4) is 0 Å². The van der Waals surface area contributed by atoms with Gasteiger partial charge in [0.15, 0.2) is 0 Å². The summed E-state index contributed by atoms with van der Waals surface area (Å²) in [4.78, 5) is 11.2. The van der Waals surface area contributed by atoms with Crippen molar-refractivity contribution in [1.82, 2.24) is 5.32 Å². The van der Waals surface area contributed by atoms with Crippen molar-refractivity contribution in [3.63, 3.8) is 0 Å². The minimum atomic E-state index is -0.291. The summed E-state index contributed by atoms with van der Waals surface area (Å²) in [6.45, 7) is 2.17. The molecule has 1 saturated heterocycles. The molecule has 18 heavy (non-hydrogen) atoms. The van der Waals surface area contributed by atoms with Crippen LogP contribution in [0.5, 0.6) is 0 Å². The Bertz CT molecular complexity index is 408. The third kappa shape index (κ3) is 3.86. The van der Waals surface area contributed by atoms with Crippen LogP contribution in [-0.4, -0.2) is 26.2 Å². The third-order valence-electron chi connectivity index (χ3n) is 2.99. The van der Waals surface area contributed by atoms with E-state index in [-0.39, 0.29) is 18.4 Å². The molecule has 3 nitrogen and oxygen atoms in total. The minimum Gasteiger partial charge on any atom is -0.465 e. The summed E-state index contributed by atoms with van der Waals surface area (Å²) >= 11 is 0. The Morgan fingerprint density at radius 3 is 2.67 bits per heavy atom. The molecule has 1 atom stereocenters. The van der Waals surface area contributed by atoms with Gasteiger partial charge in [-0.2, -0.15) is 0 Å². The first kappa shape index (κ1) is 14.7. The lowest BCUT2D eigenvalue weighted by molar-refractivity contribution is 0.0601. The van der Waals surface area contributed by atoms with Gasteiger partial charge in [-0.1, -0.05) is 24.3 Å². The molecule has 0 amide bonds. The summed E-state index contributed by atoms with van der Waals surface area (Å²) < 4.78 is 4.65. The number of hydrogen-bond donors (Lipinski definition) is 1. The molecule has 0 aliphatic carbocycles. The van der Waals surface area contributed by atoms with Crippen molar-refractivity contribution < 1.29 is 9.53 Å². The fourth-order valence-electron chi connectivity index (χ4n) is 1.94. The summed E-state index contributed by atoms with van der Waals surface area (Å²) in [5, 5.41) is 3.33. The first-order valence-electron chi connectivity index (χ1n) is 5.87. The van der Waals surface area contributed by atoms with Gasteiger partial charge < -0.3 is 10.1 Å². The second-order valence-electron chi connectivity index (χ2n) is 4.23. The van der Waals surface area contributed by atoms with Crippen LogP contribution in [0, 0.1) is 5.92 Å². The van der Waals surface area contributed by atoms with Crippen LogP contribution >= 0.6 is 12.4 Å². The molecule has 4 heteroatoms. The number of nitrogens with one attached hydrogen (secondary N) is 1. The molecule has 1 fully saturated rings. The molecule has 1 heterocycles. The number of rotatable bonds is 3. The second-order valence-corrected chi connectivity index (χ2v) is 4.23. The van der Waals surface area contributed by atoms with E-state index in [0.717, 1.165) is 18.7 Å². The van der Waals surface area contributed by atoms with Crippen molar-refractivity contribution >= 4 is 24.5 Å². The Kier molecular flexibility index (Phi) is 5.89. The number of esters is 1. The van der Waals surface area contributed by atoms with E-state index in [4.69, 9.17) is 0 Å². The van der Waals surface area contributed by atoms with Crippen molar-refractivity contribution in [1.29, 1.82) is 0 Å². The molecule has 1 aliphatic heterocycles. The molecule has 0 spiro atoms. The van der Waals surface area contributed by atoms with Gasteiger partial charge in [-0.05, 0) is 36.6 Å². The van der Waals surface area contributed by atoms with Gasteiger partial charge in [0.2, 0.25) is 0 Å². The van der Waals surface area contributed by atoms with Gasteiger partial charge in [-0.3, -0.25) is 0 Å². The summed E-state index contributed by atoms with van der Waals surface area (Å²) in [7, 11) is 1.39. The Labute approximate surface area is 114 Å². The highest BCUT2D eigenvalue weighted by molar-refractivity contribution is 5.89. The maximum Gasteiger partial charge on any atom is 0.337 e. The maximum atomic E-state index is 11.2. The molecule has 1 N–H and O–H groups in total. The number of methoxy groups -OCH3 is 1. The van der Waals surface area contributed by atoms with Gasteiger partial charge in [0.05, 0.1) is 12.7 Å². The first-order chi connectivity index (χ1) is 8.29. The fraction of sp³-hybridized carbons (Fsp3) is 0.357. The van der Waals surface area contributed by atoms with Crippen LogP contribution in [0.15, 0.2) is 30.3 Å². The number of benzene rings is 1. The Morgan fingerprint density at radius 1 is 1.39 bits per heavy atom. The monoisotopic (exact) mass is 267 g/mol. The lowest BCUT2D eigenvalue weighted by atomic mass is 10.1. The molecule has 0 saturated carbocycles. The highest BCUT2D eigenvalue weighted by atomic mass is 35.5. The molecule has 0 bridgehead atoms. The Balaban J connectivity index is 0.00000162. The molecular formula is C14H18ClNO2. The molecule has 98 valence electrons. The van der Waals surface area contributed by atoms with Crippen molar-refractivity contribution in [2.45, 2.75) is 6.42 Å². The quantitative estimate of drug-likeness (QED) is 0.856. The summed E-state index contributed by atoms with van der Waals surface area (Å²) in [5.41, 5.74) is 1.71. The van der Waals surface area contributed by atoms with Gasteiger partial charge in [0, 0.05) is 6.54 Å². The lowest BCUT2D eigenvalue weighted by Gasteiger charge is -2.01. The predicted molar refractivity (Wildman–Crippen MR) is 75.0 cm³/mol. The molecule has 1 unspecified atom stereocenters. The number of carbonyl (C=O) groups is 1. The van der Waals surface area contributed by atoms with E-state index in [9.17, 15) is 4.79 Å². The van der Waals surface area contributed by atoms with Crippen LogP contribution in [0.2, 0.25) is 0 Å². The predicted octanol–water partition coefficient (Wildman–Crippen LogP) is 2.52. The molecular weight excluding hydrogens is 250 g/mol. The summed E-state index contributed by atoms with van der Waals surface area (Å²) in [5.74, 6) is 0.343. The van der Waals surface area contributed by atoms with E-state index in [1.54, 1.807) is 12.1 Å². The van der Waals surface area contributed by atoms with E-state index in [1.807, 2.05) is 12.1 Å². The van der Waals surface area contributed by atoms with Crippen molar-refractivity contribution in [2.75, 3.05) is 20.2 Å². The molecule has 1 aromatic rings.